The molecule has 4 rings (SSSR count). The van der Waals surface area contributed by atoms with Crippen molar-refractivity contribution in [3.8, 4) is 0 Å². The summed E-state index contributed by atoms with van der Waals surface area (Å²) in [7, 11) is 0. The first kappa shape index (κ1) is 15.5. The normalized spacial score (nSPS) is 18.2. The SMILES string of the molecule is c1cc(Nc2ncc3c(n2)CNCC3)ccc1CN1CCOCC1. The molecule has 1 aromatic carbocycles. The van der Waals surface area contributed by atoms with E-state index in [9.17, 15) is 0 Å². The average molecular weight is 325 g/mol. The van der Waals surface area contributed by atoms with E-state index in [1.807, 2.05) is 6.20 Å². The first-order chi connectivity index (χ1) is 11.9. The van der Waals surface area contributed by atoms with E-state index in [1.165, 1.54) is 11.1 Å². The van der Waals surface area contributed by atoms with E-state index in [4.69, 9.17) is 4.74 Å². The summed E-state index contributed by atoms with van der Waals surface area (Å²) in [6.45, 7) is 6.51. The van der Waals surface area contributed by atoms with E-state index in [1.54, 1.807) is 0 Å². The van der Waals surface area contributed by atoms with Gasteiger partial charge in [0.25, 0.3) is 0 Å². The highest BCUT2D eigenvalue weighted by molar-refractivity contribution is 5.54. The fourth-order valence-corrected chi connectivity index (χ4v) is 3.13. The highest BCUT2D eigenvalue weighted by Gasteiger charge is 2.12. The maximum atomic E-state index is 5.39. The number of nitrogens with zero attached hydrogens (tertiary/aromatic N) is 3. The molecular weight excluding hydrogens is 302 g/mol. The summed E-state index contributed by atoms with van der Waals surface area (Å²) in [4.78, 5) is 11.5. The Morgan fingerprint density at radius 2 is 2.00 bits per heavy atom. The Bertz CT molecular complexity index is 682. The predicted molar refractivity (Wildman–Crippen MR) is 93.3 cm³/mol. The minimum Gasteiger partial charge on any atom is -0.379 e. The molecule has 0 bridgehead atoms. The number of ether oxygens (including phenoxy) is 1. The summed E-state index contributed by atoms with van der Waals surface area (Å²) >= 11 is 0. The number of rotatable bonds is 4. The van der Waals surface area contributed by atoms with Crippen molar-refractivity contribution in [2.24, 2.45) is 0 Å². The summed E-state index contributed by atoms with van der Waals surface area (Å²) in [5, 5.41) is 6.65. The second kappa shape index (κ2) is 7.25. The fourth-order valence-electron chi connectivity index (χ4n) is 3.13. The van der Waals surface area contributed by atoms with E-state index >= 15 is 0 Å². The Morgan fingerprint density at radius 1 is 1.17 bits per heavy atom. The van der Waals surface area contributed by atoms with Crippen LogP contribution in [0.4, 0.5) is 11.6 Å². The van der Waals surface area contributed by atoms with E-state index in [2.05, 4.69) is 49.8 Å². The summed E-state index contributed by atoms with van der Waals surface area (Å²) < 4.78 is 5.39. The molecule has 0 aliphatic carbocycles. The zero-order valence-corrected chi connectivity index (χ0v) is 13.8. The second-order valence-electron chi connectivity index (χ2n) is 6.30. The second-order valence-corrected chi connectivity index (χ2v) is 6.30. The fraction of sp³-hybridized carbons (Fsp3) is 0.444. The molecule has 2 aliphatic rings. The molecule has 1 aromatic heterocycles. The lowest BCUT2D eigenvalue weighted by Crippen LogP contribution is -2.35. The monoisotopic (exact) mass is 325 g/mol. The van der Waals surface area contributed by atoms with Gasteiger partial charge in [-0.05, 0) is 36.2 Å². The standard InChI is InChI=1S/C18H23N5O/c1-3-16(4-2-14(1)13-23-7-9-24-10-8-23)21-18-20-11-15-5-6-19-12-17(15)22-18/h1-4,11,19H,5-10,12-13H2,(H,20,21,22). The van der Waals surface area contributed by atoms with E-state index < -0.39 is 0 Å². The minimum absolute atomic E-state index is 0.665. The number of fused-ring (bicyclic) bond motifs is 1. The Morgan fingerprint density at radius 3 is 2.83 bits per heavy atom. The van der Waals surface area contributed by atoms with Crippen molar-refractivity contribution in [1.29, 1.82) is 0 Å². The molecule has 6 heteroatoms. The Balaban J connectivity index is 1.39. The van der Waals surface area contributed by atoms with Gasteiger partial charge in [0.05, 0.1) is 18.9 Å². The molecule has 2 aliphatic heterocycles. The molecule has 1 saturated heterocycles. The molecule has 126 valence electrons. The van der Waals surface area contributed by atoms with Crippen molar-refractivity contribution in [3.05, 3.63) is 47.3 Å². The van der Waals surface area contributed by atoms with Crippen LogP contribution in [0.15, 0.2) is 30.5 Å². The topological polar surface area (TPSA) is 62.3 Å². The lowest BCUT2D eigenvalue weighted by molar-refractivity contribution is 0.0342. The van der Waals surface area contributed by atoms with Crippen molar-refractivity contribution >= 4 is 11.6 Å². The Labute approximate surface area is 142 Å². The number of morpholine rings is 1. The van der Waals surface area contributed by atoms with Gasteiger partial charge in [-0.3, -0.25) is 4.90 Å². The number of nitrogens with one attached hydrogen (secondary N) is 2. The summed E-state index contributed by atoms with van der Waals surface area (Å²) in [5.41, 5.74) is 4.69. The van der Waals surface area contributed by atoms with E-state index in [0.29, 0.717) is 5.95 Å². The molecular formula is C18H23N5O. The first-order valence-electron chi connectivity index (χ1n) is 8.58. The van der Waals surface area contributed by atoms with Gasteiger partial charge in [0.2, 0.25) is 5.95 Å². The first-order valence-corrected chi connectivity index (χ1v) is 8.58. The van der Waals surface area contributed by atoms with Crippen molar-refractivity contribution in [2.45, 2.75) is 19.5 Å². The molecule has 3 heterocycles. The Kier molecular flexibility index (Phi) is 4.69. The van der Waals surface area contributed by atoms with Crippen LogP contribution in [0.5, 0.6) is 0 Å². The maximum Gasteiger partial charge on any atom is 0.227 e. The van der Waals surface area contributed by atoms with E-state index in [0.717, 1.165) is 63.7 Å². The van der Waals surface area contributed by atoms with Crippen LogP contribution in [0.3, 0.4) is 0 Å². The van der Waals surface area contributed by atoms with E-state index in [-0.39, 0.29) is 0 Å². The predicted octanol–water partition coefficient (Wildman–Crippen LogP) is 1.70. The van der Waals surface area contributed by atoms with Gasteiger partial charge in [0.1, 0.15) is 0 Å². The van der Waals surface area contributed by atoms with Crippen molar-refractivity contribution in [3.63, 3.8) is 0 Å². The minimum atomic E-state index is 0.665. The average Bonchev–Trinajstić information content (AvgIpc) is 2.64. The zero-order valence-electron chi connectivity index (χ0n) is 13.8. The van der Waals surface area contributed by atoms with Crippen LogP contribution in [0, 0.1) is 0 Å². The molecule has 0 unspecified atom stereocenters. The van der Waals surface area contributed by atoms with Gasteiger partial charge in [-0.15, -0.1) is 0 Å². The smallest absolute Gasteiger partial charge is 0.227 e. The quantitative estimate of drug-likeness (QED) is 0.892. The van der Waals surface area contributed by atoms with Crippen LogP contribution in [-0.4, -0.2) is 47.7 Å². The highest BCUT2D eigenvalue weighted by Crippen LogP contribution is 2.18. The van der Waals surface area contributed by atoms with Gasteiger partial charge >= 0.3 is 0 Å². The molecule has 0 amide bonds. The third-order valence-electron chi connectivity index (χ3n) is 4.54. The molecule has 6 nitrogen and oxygen atoms in total. The third-order valence-corrected chi connectivity index (χ3v) is 4.54. The van der Waals surface area contributed by atoms with Gasteiger partial charge in [0, 0.05) is 38.1 Å². The van der Waals surface area contributed by atoms with Crippen molar-refractivity contribution in [2.75, 3.05) is 38.2 Å². The largest absolute Gasteiger partial charge is 0.379 e. The Hall–Kier alpha value is -2.02. The molecule has 2 aromatic rings. The van der Waals surface area contributed by atoms with Crippen LogP contribution in [-0.2, 0) is 24.2 Å². The third kappa shape index (κ3) is 3.72. The van der Waals surface area contributed by atoms with Crippen LogP contribution in [0.25, 0.3) is 0 Å². The van der Waals surface area contributed by atoms with Crippen LogP contribution in [0.2, 0.25) is 0 Å². The van der Waals surface area contributed by atoms with Crippen LogP contribution < -0.4 is 10.6 Å². The number of benzene rings is 1. The van der Waals surface area contributed by atoms with Crippen molar-refractivity contribution < 1.29 is 4.74 Å². The summed E-state index contributed by atoms with van der Waals surface area (Å²) in [6.07, 6.45) is 2.95. The van der Waals surface area contributed by atoms with Gasteiger partial charge in [0.15, 0.2) is 0 Å². The molecule has 0 atom stereocenters. The highest BCUT2D eigenvalue weighted by atomic mass is 16.5. The summed E-state index contributed by atoms with van der Waals surface area (Å²) in [5.74, 6) is 0.665. The number of hydrogen-bond donors (Lipinski definition) is 2. The molecule has 0 radical (unpaired) electrons. The lowest BCUT2D eigenvalue weighted by atomic mass is 10.1. The van der Waals surface area contributed by atoms with Crippen LogP contribution in [0.1, 0.15) is 16.8 Å². The molecule has 2 N–H and O–H groups in total. The number of hydrogen-bond acceptors (Lipinski definition) is 6. The van der Waals surface area contributed by atoms with Gasteiger partial charge < -0.3 is 15.4 Å². The van der Waals surface area contributed by atoms with Crippen molar-refractivity contribution in [1.82, 2.24) is 20.2 Å². The maximum absolute atomic E-state index is 5.39. The van der Waals surface area contributed by atoms with Gasteiger partial charge in [-0.25, -0.2) is 9.97 Å². The number of anilines is 2. The molecule has 0 saturated carbocycles. The van der Waals surface area contributed by atoms with Gasteiger partial charge in [-0.1, -0.05) is 12.1 Å². The molecule has 0 spiro atoms. The lowest BCUT2D eigenvalue weighted by Gasteiger charge is -2.26. The zero-order chi connectivity index (χ0) is 16.2. The van der Waals surface area contributed by atoms with Crippen LogP contribution >= 0.6 is 0 Å². The molecule has 1 fully saturated rings. The summed E-state index contributed by atoms with van der Waals surface area (Å²) in [6, 6.07) is 8.52. The van der Waals surface area contributed by atoms with Gasteiger partial charge in [-0.2, -0.15) is 0 Å². The molecule has 24 heavy (non-hydrogen) atoms. The number of aromatic nitrogens is 2.